The molecule has 1 N–H and O–H groups in total. The van der Waals surface area contributed by atoms with Gasteiger partial charge in [0.05, 0.1) is 5.69 Å². The zero-order chi connectivity index (χ0) is 12.7. The zero-order valence-corrected chi connectivity index (χ0v) is 9.96. The van der Waals surface area contributed by atoms with Crippen LogP contribution in [0.2, 0.25) is 0 Å². The summed E-state index contributed by atoms with van der Waals surface area (Å²) in [5.41, 5.74) is 0.0733. The van der Waals surface area contributed by atoms with Gasteiger partial charge in [-0.05, 0) is 43.2 Å². The van der Waals surface area contributed by atoms with Crippen molar-refractivity contribution in [2.24, 2.45) is 17.8 Å². The molecule has 0 saturated heterocycles. The van der Waals surface area contributed by atoms with Crippen LogP contribution in [-0.4, -0.2) is 5.91 Å². The van der Waals surface area contributed by atoms with Crippen LogP contribution >= 0.6 is 0 Å². The van der Waals surface area contributed by atoms with E-state index in [9.17, 15) is 13.6 Å². The van der Waals surface area contributed by atoms with Crippen LogP contribution in [0.4, 0.5) is 14.5 Å². The second-order valence-electron chi connectivity index (χ2n) is 5.39. The number of anilines is 1. The molecule has 0 spiro atoms. The van der Waals surface area contributed by atoms with Crippen molar-refractivity contribution in [1.82, 2.24) is 0 Å². The van der Waals surface area contributed by atoms with Crippen molar-refractivity contribution >= 4 is 11.6 Å². The van der Waals surface area contributed by atoms with Gasteiger partial charge in [-0.25, -0.2) is 8.78 Å². The first-order valence-corrected chi connectivity index (χ1v) is 6.39. The third-order valence-electron chi connectivity index (χ3n) is 4.26. The summed E-state index contributed by atoms with van der Waals surface area (Å²) in [6.45, 7) is 0. The Bertz CT molecular complexity index is 489. The van der Waals surface area contributed by atoms with E-state index in [1.54, 1.807) is 0 Å². The summed E-state index contributed by atoms with van der Waals surface area (Å²) in [5, 5.41) is 2.58. The van der Waals surface area contributed by atoms with Crippen molar-refractivity contribution in [2.45, 2.75) is 25.7 Å². The third kappa shape index (κ3) is 2.00. The Kier molecular flexibility index (Phi) is 2.80. The van der Waals surface area contributed by atoms with Gasteiger partial charge in [-0.2, -0.15) is 0 Å². The van der Waals surface area contributed by atoms with Gasteiger partial charge in [0.25, 0.3) is 0 Å². The van der Waals surface area contributed by atoms with Crippen molar-refractivity contribution in [2.75, 3.05) is 5.32 Å². The van der Waals surface area contributed by atoms with Gasteiger partial charge in [0.2, 0.25) is 5.91 Å². The maximum atomic E-state index is 13.4. The number of hydrogen-bond acceptors (Lipinski definition) is 1. The van der Waals surface area contributed by atoms with Crippen LogP contribution in [0, 0.1) is 29.4 Å². The van der Waals surface area contributed by atoms with Crippen LogP contribution in [0.1, 0.15) is 25.7 Å². The highest BCUT2D eigenvalue weighted by molar-refractivity contribution is 5.93. The van der Waals surface area contributed by atoms with Crippen molar-refractivity contribution in [3.8, 4) is 0 Å². The second-order valence-corrected chi connectivity index (χ2v) is 5.39. The molecule has 1 aromatic rings. The van der Waals surface area contributed by atoms with Crippen LogP contribution in [0.15, 0.2) is 18.2 Å². The van der Waals surface area contributed by atoms with Crippen molar-refractivity contribution in [3.63, 3.8) is 0 Å². The molecule has 1 amide bonds. The monoisotopic (exact) mass is 251 g/mol. The first-order chi connectivity index (χ1) is 8.63. The number of carbonyl (C=O) groups is 1. The van der Waals surface area contributed by atoms with E-state index in [0.29, 0.717) is 11.8 Å². The summed E-state index contributed by atoms with van der Waals surface area (Å²) in [7, 11) is 0. The number of nitrogens with one attached hydrogen (secondary N) is 1. The van der Waals surface area contributed by atoms with Gasteiger partial charge in [-0.1, -0.05) is 6.42 Å². The first-order valence-electron chi connectivity index (χ1n) is 6.39. The van der Waals surface area contributed by atoms with Gasteiger partial charge in [0.15, 0.2) is 0 Å². The normalized spacial score (nSPS) is 29.6. The largest absolute Gasteiger partial charge is 0.323 e. The van der Waals surface area contributed by atoms with Crippen LogP contribution in [0.25, 0.3) is 0 Å². The molecule has 96 valence electrons. The Morgan fingerprint density at radius 2 is 2.06 bits per heavy atom. The topological polar surface area (TPSA) is 29.1 Å². The smallest absolute Gasteiger partial charge is 0.227 e. The Hall–Kier alpha value is -1.45. The Morgan fingerprint density at radius 3 is 2.67 bits per heavy atom. The van der Waals surface area contributed by atoms with E-state index in [2.05, 4.69) is 5.32 Å². The molecule has 18 heavy (non-hydrogen) atoms. The fourth-order valence-electron chi connectivity index (χ4n) is 3.38. The lowest BCUT2D eigenvalue weighted by atomic mass is 9.88. The molecule has 0 aromatic heterocycles. The van der Waals surface area contributed by atoms with E-state index in [-0.39, 0.29) is 17.5 Å². The van der Waals surface area contributed by atoms with Gasteiger partial charge in [0.1, 0.15) is 11.6 Å². The van der Waals surface area contributed by atoms with Gasteiger partial charge in [-0.3, -0.25) is 4.79 Å². The highest BCUT2D eigenvalue weighted by Crippen LogP contribution is 2.48. The highest BCUT2D eigenvalue weighted by atomic mass is 19.1. The summed E-state index contributed by atoms with van der Waals surface area (Å²) in [5.74, 6) is -0.333. The minimum atomic E-state index is -0.716. The molecule has 2 nitrogen and oxygen atoms in total. The molecule has 2 saturated carbocycles. The molecular formula is C14H15F2NO. The van der Waals surface area contributed by atoms with Crippen LogP contribution in [0.5, 0.6) is 0 Å². The van der Waals surface area contributed by atoms with Gasteiger partial charge in [0, 0.05) is 12.0 Å². The summed E-state index contributed by atoms with van der Waals surface area (Å²) >= 11 is 0. The number of carbonyl (C=O) groups excluding carboxylic acids is 1. The Labute approximate surface area is 104 Å². The molecule has 2 bridgehead atoms. The van der Waals surface area contributed by atoms with Crippen molar-refractivity contribution in [1.29, 1.82) is 0 Å². The summed E-state index contributed by atoms with van der Waals surface area (Å²) in [4.78, 5) is 12.1. The number of benzene rings is 1. The molecule has 2 fully saturated rings. The van der Waals surface area contributed by atoms with Crippen LogP contribution in [-0.2, 0) is 4.79 Å². The molecule has 0 aliphatic heterocycles. The van der Waals surface area contributed by atoms with E-state index in [1.807, 2.05) is 0 Å². The molecule has 2 aliphatic carbocycles. The van der Waals surface area contributed by atoms with Gasteiger partial charge < -0.3 is 5.32 Å². The van der Waals surface area contributed by atoms with E-state index in [1.165, 1.54) is 12.5 Å². The van der Waals surface area contributed by atoms with E-state index in [4.69, 9.17) is 0 Å². The molecule has 4 heteroatoms. The molecule has 1 aromatic carbocycles. The lowest BCUT2D eigenvalue weighted by Gasteiger charge is -2.20. The zero-order valence-electron chi connectivity index (χ0n) is 9.96. The lowest BCUT2D eigenvalue weighted by molar-refractivity contribution is -0.121. The lowest BCUT2D eigenvalue weighted by Crippen LogP contribution is -2.27. The molecule has 0 unspecified atom stereocenters. The standard InChI is InChI=1S/C14H15F2NO/c15-10-3-4-13(12(16)7-10)17-14(18)11-6-8-1-2-9(11)5-8/h3-4,7-9,11H,1-2,5-6H2,(H,17,18)/t8-,9-,11-/m0/s1. The molecule has 3 rings (SSSR count). The summed E-state index contributed by atoms with van der Waals surface area (Å²) in [6, 6.07) is 3.21. The first kappa shape index (κ1) is 11.6. The molecular weight excluding hydrogens is 236 g/mol. The summed E-state index contributed by atoms with van der Waals surface area (Å²) in [6.07, 6.45) is 4.37. The fraction of sp³-hybridized carbons (Fsp3) is 0.500. The summed E-state index contributed by atoms with van der Waals surface area (Å²) < 4.78 is 26.2. The van der Waals surface area contributed by atoms with Crippen molar-refractivity contribution < 1.29 is 13.6 Å². The van der Waals surface area contributed by atoms with E-state index < -0.39 is 11.6 Å². The number of amides is 1. The highest BCUT2D eigenvalue weighted by Gasteiger charge is 2.43. The third-order valence-corrected chi connectivity index (χ3v) is 4.26. The van der Waals surface area contributed by atoms with Gasteiger partial charge >= 0.3 is 0 Å². The van der Waals surface area contributed by atoms with E-state index >= 15 is 0 Å². The van der Waals surface area contributed by atoms with E-state index in [0.717, 1.165) is 31.4 Å². The number of fused-ring (bicyclic) bond motifs is 2. The second kappa shape index (κ2) is 4.34. The minimum Gasteiger partial charge on any atom is -0.323 e. The van der Waals surface area contributed by atoms with Crippen LogP contribution < -0.4 is 5.32 Å². The maximum Gasteiger partial charge on any atom is 0.227 e. The molecule has 0 heterocycles. The number of halogens is 2. The fourth-order valence-corrected chi connectivity index (χ4v) is 3.38. The predicted molar refractivity (Wildman–Crippen MR) is 63.9 cm³/mol. The Balaban J connectivity index is 1.71. The number of hydrogen-bond donors (Lipinski definition) is 1. The average molecular weight is 251 g/mol. The number of rotatable bonds is 2. The quantitative estimate of drug-likeness (QED) is 0.858. The SMILES string of the molecule is O=C(Nc1ccc(F)cc1F)[C@H]1C[C@H]2CC[C@H]1C2. The molecule has 3 atom stereocenters. The average Bonchev–Trinajstić information content (AvgIpc) is 2.94. The molecule has 0 radical (unpaired) electrons. The minimum absolute atomic E-state index is 0.00760. The van der Waals surface area contributed by atoms with Crippen molar-refractivity contribution in [3.05, 3.63) is 29.8 Å². The van der Waals surface area contributed by atoms with Gasteiger partial charge in [-0.15, -0.1) is 0 Å². The predicted octanol–water partition coefficient (Wildman–Crippen LogP) is 3.34. The Morgan fingerprint density at radius 1 is 1.22 bits per heavy atom. The molecule has 2 aliphatic rings. The van der Waals surface area contributed by atoms with Crippen LogP contribution in [0.3, 0.4) is 0 Å². The maximum absolute atomic E-state index is 13.4.